The monoisotopic (exact) mass is 262 g/mol. The molecule has 0 amide bonds. The van der Waals surface area contributed by atoms with Crippen LogP contribution in [-0.2, 0) is 0 Å². The number of hydrogen-bond donors (Lipinski definition) is 0. The van der Waals surface area contributed by atoms with Crippen molar-refractivity contribution in [3.63, 3.8) is 0 Å². The van der Waals surface area contributed by atoms with Gasteiger partial charge in [-0.3, -0.25) is 0 Å². The highest BCUT2D eigenvalue weighted by Crippen LogP contribution is 2.27. The van der Waals surface area contributed by atoms with Crippen molar-refractivity contribution in [1.29, 1.82) is 0 Å². The molecule has 0 fully saturated rings. The van der Waals surface area contributed by atoms with Crippen molar-refractivity contribution < 1.29 is 0 Å². The average molecular weight is 263 g/mol. The Bertz CT molecular complexity index is 250. The summed E-state index contributed by atoms with van der Waals surface area (Å²) in [5.41, 5.74) is 0. The summed E-state index contributed by atoms with van der Waals surface area (Å²) in [6, 6.07) is 0. The van der Waals surface area contributed by atoms with Crippen LogP contribution in [0.5, 0.6) is 0 Å². The second-order valence-corrected chi connectivity index (χ2v) is 4.64. The number of halogens is 1. The molecule has 0 saturated heterocycles. The van der Waals surface area contributed by atoms with E-state index in [0.29, 0.717) is 5.92 Å². The summed E-state index contributed by atoms with van der Waals surface area (Å²) >= 11 is 4.81. The number of aromatic nitrogens is 2. The molecule has 0 bridgehead atoms. The first kappa shape index (κ1) is 11.1. The summed E-state index contributed by atoms with van der Waals surface area (Å²) in [7, 11) is 0. The molecular formula is C9H15BrN2S. The lowest BCUT2D eigenvalue weighted by Crippen LogP contribution is -1.96. The van der Waals surface area contributed by atoms with Crippen LogP contribution in [0, 0.1) is 0 Å². The molecular weight excluding hydrogens is 248 g/mol. The van der Waals surface area contributed by atoms with E-state index < -0.39 is 0 Å². The summed E-state index contributed by atoms with van der Waals surface area (Å²) < 4.78 is 4.88. The van der Waals surface area contributed by atoms with Gasteiger partial charge < -0.3 is 0 Å². The van der Waals surface area contributed by atoms with E-state index in [1.807, 2.05) is 0 Å². The third kappa shape index (κ3) is 3.35. The lowest BCUT2D eigenvalue weighted by atomic mass is 10.0. The highest BCUT2D eigenvalue weighted by Gasteiger charge is 2.13. The minimum atomic E-state index is 0.615. The molecule has 0 aromatic carbocycles. The molecule has 2 nitrogen and oxygen atoms in total. The van der Waals surface area contributed by atoms with Crippen LogP contribution in [0.4, 0.5) is 0 Å². The first-order valence-electron chi connectivity index (χ1n) is 4.77. The van der Waals surface area contributed by atoms with E-state index in [1.165, 1.54) is 42.2 Å². The zero-order chi connectivity index (χ0) is 9.68. The zero-order valence-electron chi connectivity index (χ0n) is 8.09. The summed E-state index contributed by atoms with van der Waals surface area (Å²) in [6.07, 6.45) is 4.96. The van der Waals surface area contributed by atoms with Gasteiger partial charge in [-0.1, -0.05) is 26.7 Å². The van der Waals surface area contributed by atoms with E-state index in [4.69, 9.17) is 0 Å². The van der Waals surface area contributed by atoms with Gasteiger partial charge in [0.25, 0.3) is 0 Å². The lowest BCUT2D eigenvalue weighted by molar-refractivity contribution is 0.566. The van der Waals surface area contributed by atoms with Crippen molar-refractivity contribution in [3.8, 4) is 0 Å². The molecule has 4 heteroatoms. The summed E-state index contributed by atoms with van der Waals surface area (Å²) in [5, 5.41) is 1.18. The standard InChI is InChI=1S/C9H15BrN2S/c1-3-5-6-7(4-2)8-11-9(10)12-13-8/h7H,3-6H2,1-2H3. The minimum absolute atomic E-state index is 0.615. The fraction of sp³-hybridized carbons (Fsp3) is 0.778. The number of unbranched alkanes of at least 4 members (excludes halogenated alkanes) is 1. The Hall–Kier alpha value is 0.0400. The molecule has 1 aromatic heterocycles. The molecule has 74 valence electrons. The van der Waals surface area contributed by atoms with E-state index in [9.17, 15) is 0 Å². The SMILES string of the molecule is CCCCC(CC)c1nc(Br)ns1. The van der Waals surface area contributed by atoms with E-state index >= 15 is 0 Å². The van der Waals surface area contributed by atoms with Gasteiger partial charge in [0.2, 0.25) is 4.73 Å². The molecule has 0 aliphatic rings. The Morgan fingerprint density at radius 3 is 2.69 bits per heavy atom. The fourth-order valence-electron chi connectivity index (χ4n) is 1.33. The van der Waals surface area contributed by atoms with Crippen molar-refractivity contribution in [2.24, 2.45) is 0 Å². The molecule has 1 atom stereocenters. The maximum Gasteiger partial charge on any atom is 0.209 e. The molecule has 0 saturated carbocycles. The van der Waals surface area contributed by atoms with Crippen LogP contribution in [0.2, 0.25) is 0 Å². The predicted octanol–water partition coefficient (Wildman–Crippen LogP) is 3.98. The number of rotatable bonds is 5. The van der Waals surface area contributed by atoms with Gasteiger partial charge in [-0.15, -0.1) is 0 Å². The normalized spacial score (nSPS) is 13.2. The van der Waals surface area contributed by atoms with Gasteiger partial charge in [-0.25, -0.2) is 4.98 Å². The summed E-state index contributed by atoms with van der Waals surface area (Å²) in [4.78, 5) is 4.36. The fourth-order valence-corrected chi connectivity index (χ4v) is 2.63. The first-order chi connectivity index (χ1) is 6.27. The second-order valence-electron chi connectivity index (χ2n) is 3.15. The van der Waals surface area contributed by atoms with Crippen LogP contribution in [0.15, 0.2) is 4.73 Å². The van der Waals surface area contributed by atoms with Crippen molar-refractivity contribution in [1.82, 2.24) is 9.36 Å². The summed E-state index contributed by atoms with van der Waals surface area (Å²) in [5.74, 6) is 0.615. The van der Waals surface area contributed by atoms with Gasteiger partial charge in [-0.05, 0) is 40.3 Å². The van der Waals surface area contributed by atoms with Crippen LogP contribution in [0.25, 0.3) is 0 Å². The van der Waals surface area contributed by atoms with Crippen LogP contribution >= 0.6 is 27.5 Å². The quantitative estimate of drug-likeness (QED) is 0.802. The van der Waals surface area contributed by atoms with Crippen LogP contribution in [0.1, 0.15) is 50.5 Å². The average Bonchev–Trinajstić information content (AvgIpc) is 2.54. The Morgan fingerprint density at radius 1 is 1.46 bits per heavy atom. The Balaban J connectivity index is 2.56. The molecule has 1 heterocycles. The highest BCUT2D eigenvalue weighted by atomic mass is 79.9. The van der Waals surface area contributed by atoms with Crippen molar-refractivity contribution in [2.45, 2.75) is 45.4 Å². The van der Waals surface area contributed by atoms with Gasteiger partial charge in [0.1, 0.15) is 5.01 Å². The molecule has 0 N–H and O–H groups in total. The topological polar surface area (TPSA) is 25.8 Å². The Kier molecular flexibility index (Phi) is 4.88. The maximum absolute atomic E-state index is 4.36. The molecule has 1 aromatic rings. The highest BCUT2D eigenvalue weighted by molar-refractivity contribution is 9.10. The number of nitrogens with zero attached hydrogens (tertiary/aromatic N) is 2. The second kappa shape index (κ2) is 5.70. The Labute approximate surface area is 92.1 Å². The zero-order valence-corrected chi connectivity index (χ0v) is 10.5. The van der Waals surface area contributed by atoms with Crippen LogP contribution in [-0.4, -0.2) is 9.36 Å². The molecule has 0 radical (unpaired) electrons. The van der Waals surface area contributed by atoms with E-state index in [-0.39, 0.29) is 0 Å². The van der Waals surface area contributed by atoms with Gasteiger partial charge in [0.15, 0.2) is 0 Å². The van der Waals surface area contributed by atoms with E-state index in [2.05, 4.69) is 39.1 Å². The summed E-state index contributed by atoms with van der Waals surface area (Å²) in [6.45, 7) is 4.44. The largest absolute Gasteiger partial charge is 0.214 e. The van der Waals surface area contributed by atoms with E-state index in [0.717, 1.165) is 4.73 Å². The van der Waals surface area contributed by atoms with Gasteiger partial charge in [-0.2, -0.15) is 4.37 Å². The Morgan fingerprint density at radius 2 is 2.23 bits per heavy atom. The lowest BCUT2D eigenvalue weighted by Gasteiger charge is -2.09. The third-order valence-corrected chi connectivity index (χ3v) is 3.63. The smallest absolute Gasteiger partial charge is 0.209 e. The molecule has 0 spiro atoms. The maximum atomic E-state index is 4.36. The van der Waals surface area contributed by atoms with Crippen molar-refractivity contribution in [3.05, 3.63) is 9.74 Å². The van der Waals surface area contributed by atoms with Gasteiger partial charge in [0.05, 0.1) is 0 Å². The molecule has 13 heavy (non-hydrogen) atoms. The van der Waals surface area contributed by atoms with Crippen LogP contribution < -0.4 is 0 Å². The van der Waals surface area contributed by atoms with Crippen molar-refractivity contribution >= 4 is 27.5 Å². The van der Waals surface area contributed by atoms with Crippen molar-refractivity contribution in [2.75, 3.05) is 0 Å². The molecule has 0 aliphatic heterocycles. The minimum Gasteiger partial charge on any atom is -0.214 e. The number of hydrogen-bond acceptors (Lipinski definition) is 3. The molecule has 1 rings (SSSR count). The predicted molar refractivity (Wildman–Crippen MR) is 60.2 cm³/mol. The molecule has 1 unspecified atom stereocenters. The molecule has 0 aliphatic carbocycles. The van der Waals surface area contributed by atoms with Gasteiger partial charge in [0, 0.05) is 5.92 Å². The van der Waals surface area contributed by atoms with E-state index in [1.54, 1.807) is 0 Å². The third-order valence-electron chi connectivity index (χ3n) is 2.17. The van der Waals surface area contributed by atoms with Gasteiger partial charge >= 0.3 is 0 Å². The van der Waals surface area contributed by atoms with Crippen LogP contribution in [0.3, 0.4) is 0 Å². The first-order valence-corrected chi connectivity index (χ1v) is 6.33.